The lowest BCUT2D eigenvalue weighted by Gasteiger charge is -2.15. The quantitative estimate of drug-likeness (QED) is 0.632. The lowest BCUT2D eigenvalue weighted by Crippen LogP contribution is -2.00. The van der Waals surface area contributed by atoms with E-state index in [0.29, 0.717) is 33.5 Å². The Labute approximate surface area is 174 Å². The number of hydrogen-bond acceptors (Lipinski definition) is 6. The van der Waals surface area contributed by atoms with E-state index in [4.69, 9.17) is 21.1 Å². The topological polar surface area (TPSA) is 85.7 Å². The number of aliphatic hydroxyl groups excluding tert-OH is 1. The van der Waals surface area contributed by atoms with Gasteiger partial charge in [-0.2, -0.15) is 0 Å². The molecule has 0 amide bonds. The smallest absolute Gasteiger partial charge is 0.219 e. The summed E-state index contributed by atoms with van der Waals surface area (Å²) in [6, 6.07) is 13.5. The number of ether oxygens (including phenoxy) is 2. The Morgan fingerprint density at radius 2 is 1.66 bits per heavy atom. The minimum absolute atomic E-state index is 0.221. The van der Waals surface area contributed by atoms with Crippen LogP contribution in [-0.4, -0.2) is 39.0 Å². The molecule has 1 aromatic heterocycles. The van der Waals surface area contributed by atoms with Gasteiger partial charge in [0.25, 0.3) is 0 Å². The van der Waals surface area contributed by atoms with Crippen molar-refractivity contribution in [2.24, 2.45) is 0 Å². The molecule has 1 heterocycles. The minimum Gasteiger partial charge on any atom is -0.495 e. The summed E-state index contributed by atoms with van der Waals surface area (Å²) in [5.41, 5.74) is 3.26. The zero-order chi connectivity index (χ0) is 21.2. The Balaban J connectivity index is 2.23. The minimum atomic E-state index is -3.31. The van der Waals surface area contributed by atoms with Crippen molar-refractivity contribution in [1.82, 2.24) is 4.98 Å². The van der Waals surface area contributed by atoms with Gasteiger partial charge >= 0.3 is 0 Å². The molecular formula is C21H20ClNO5S. The predicted octanol–water partition coefficient (Wildman–Crippen LogP) is 3.98. The zero-order valence-corrected chi connectivity index (χ0v) is 17.7. The first-order valence-corrected chi connectivity index (χ1v) is 10.9. The highest BCUT2D eigenvalue weighted by Gasteiger charge is 2.17. The number of nitrogens with zero attached hydrogens (tertiary/aromatic N) is 1. The van der Waals surface area contributed by atoms with Gasteiger partial charge < -0.3 is 14.6 Å². The number of benzene rings is 2. The van der Waals surface area contributed by atoms with Gasteiger partial charge in [-0.1, -0.05) is 23.7 Å². The summed E-state index contributed by atoms with van der Waals surface area (Å²) in [5.74, 6) is 0.833. The van der Waals surface area contributed by atoms with Crippen LogP contribution < -0.4 is 9.47 Å². The molecule has 0 fully saturated rings. The van der Waals surface area contributed by atoms with Gasteiger partial charge in [0.2, 0.25) is 5.88 Å². The van der Waals surface area contributed by atoms with Gasteiger partial charge in [-0.15, -0.1) is 0 Å². The SMILES string of the molecule is COc1ccc(-c2nc(OC)c(CO)cc2-c2ccc(S(C)(=O)=O)cc2)cc1Cl. The van der Waals surface area contributed by atoms with E-state index < -0.39 is 9.84 Å². The molecule has 0 unspecified atom stereocenters. The molecule has 6 nitrogen and oxygen atoms in total. The molecule has 8 heteroatoms. The van der Waals surface area contributed by atoms with Gasteiger partial charge in [0.05, 0.1) is 36.4 Å². The second-order valence-corrected chi connectivity index (χ2v) is 8.78. The molecule has 0 saturated carbocycles. The number of aromatic nitrogens is 1. The third-order valence-corrected chi connectivity index (χ3v) is 5.87. The van der Waals surface area contributed by atoms with Crippen LogP contribution in [0.3, 0.4) is 0 Å². The maximum Gasteiger partial charge on any atom is 0.219 e. The fraction of sp³-hybridized carbons (Fsp3) is 0.190. The highest BCUT2D eigenvalue weighted by molar-refractivity contribution is 7.90. The average molecular weight is 434 g/mol. The summed E-state index contributed by atoms with van der Waals surface area (Å²) in [6.45, 7) is -0.256. The molecule has 29 heavy (non-hydrogen) atoms. The predicted molar refractivity (Wildman–Crippen MR) is 112 cm³/mol. The summed E-state index contributed by atoms with van der Waals surface area (Å²) in [6.07, 6.45) is 1.16. The van der Waals surface area contributed by atoms with E-state index in [9.17, 15) is 13.5 Å². The molecule has 0 aliphatic heterocycles. The molecule has 3 rings (SSSR count). The van der Waals surface area contributed by atoms with Crippen molar-refractivity contribution in [2.45, 2.75) is 11.5 Å². The summed E-state index contributed by atoms with van der Waals surface area (Å²) in [7, 11) is -0.294. The third kappa shape index (κ3) is 4.37. The molecule has 0 bridgehead atoms. The van der Waals surface area contributed by atoms with E-state index in [2.05, 4.69) is 4.98 Å². The first-order chi connectivity index (χ1) is 13.8. The molecule has 0 aliphatic rings. The molecule has 0 spiro atoms. The summed E-state index contributed by atoms with van der Waals surface area (Å²) >= 11 is 6.29. The Kier molecular flexibility index (Phi) is 6.12. The fourth-order valence-electron chi connectivity index (χ4n) is 2.96. The second-order valence-electron chi connectivity index (χ2n) is 6.36. The number of sulfone groups is 1. The van der Waals surface area contributed by atoms with Crippen molar-refractivity contribution in [2.75, 3.05) is 20.5 Å². The second kappa shape index (κ2) is 8.41. The highest BCUT2D eigenvalue weighted by atomic mass is 35.5. The van der Waals surface area contributed by atoms with E-state index in [1.54, 1.807) is 30.3 Å². The Morgan fingerprint density at radius 3 is 2.17 bits per heavy atom. The lowest BCUT2D eigenvalue weighted by atomic mass is 9.97. The van der Waals surface area contributed by atoms with Gasteiger partial charge in [0, 0.05) is 22.9 Å². The van der Waals surface area contributed by atoms with Gasteiger partial charge in [0.1, 0.15) is 5.75 Å². The third-order valence-electron chi connectivity index (χ3n) is 4.44. The van der Waals surface area contributed by atoms with Crippen LogP contribution in [0, 0.1) is 0 Å². The lowest BCUT2D eigenvalue weighted by molar-refractivity contribution is 0.271. The fourth-order valence-corrected chi connectivity index (χ4v) is 3.85. The van der Waals surface area contributed by atoms with Crippen molar-refractivity contribution in [3.05, 3.63) is 59.1 Å². The number of hydrogen-bond donors (Lipinski definition) is 1. The van der Waals surface area contributed by atoms with E-state index in [1.807, 2.05) is 6.07 Å². The summed E-state index contributed by atoms with van der Waals surface area (Å²) < 4.78 is 34.1. The average Bonchev–Trinajstić information content (AvgIpc) is 2.72. The van der Waals surface area contributed by atoms with Crippen LogP contribution in [0.4, 0.5) is 0 Å². The van der Waals surface area contributed by atoms with Crippen molar-refractivity contribution in [3.63, 3.8) is 0 Å². The van der Waals surface area contributed by atoms with Gasteiger partial charge in [-0.05, 0) is 42.0 Å². The van der Waals surface area contributed by atoms with E-state index >= 15 is 0 Å². The van der Waals surface area contributed by atoms with Crippen LogP contribution in [-0.2, 0) is 16.4 Å². The summed E-state index contributed by atoms with van der Waals surface area (Å²) in [4.78, 5) is 4.80. The van der Waals surface area contributed by atoms with Crippen molar-refractivity contribution in [3.8, 4) is 34.0 Å². The summed E-state index contributed by atoms with van der Waals surface area (Å²) in [5, 5.41) is 10.1. The van der Waals surface area contributed by atoms with Crippen LogP contribution in [0.1, 0.15) is 5.56 Å². The normalized spacial score (nSPS) is 11.3. The van der Waals surface area contributed by atoms with Crippen LogP contribution >= 0.6 is 11.6 Å². The molecule has 0 aliphatic carbocycles. The van der Waals surface area contributed by atoms with Crippen LogP contribution in [0.15, 0.2) is 53.4 Å². The highest BCUT2D eigenvalue weighted by Crippen LogP contribution is 2.37. The van der Waals surface area contributed by atoms with Crippen molar-refractivity contribution in [1.29, 1.82) is 0 Å². The Morgan fingerprint density at radius 1 is 1.00 bits per heavy atom. The number of methoxy groups -OCH3 is 2. The number of rotatable bonds is 6. The van der Waals surface area contributed by atoms with Gasteiger partial charge in [0.15, 0.2) is 9.84 Å². The number of pyridine rings is 1. The molecule has 0 radical (unpaired) electrons. The molecule has 0 atom stereocenters. The maximum absolute atomic E-state index is 11.8. The molecule has 1 N–H and O–H groups in total. The van der Waals surface area contributed by atoms with Gasteiger partial charge in [-0.3, -0.25) is 0 Å². The van der Waals surface area contributed by atoms with Gasteiger partial charge in [-0.25, -0.2) is 13.4 Å². The van der Waals surface area contributed by atoms with Crippen LogP contribution in [0.5, 0.6) is 11.6 Å². The maximum atomic E-state index is 11.8. The Hall–Kier alpha value is -2.61. The van der Waals surface area contributed by atoms with E-state index in [0.717, 1.165) is 17.4 Å². The van der Waals surface area contributed by atoms with Crippen molar-refractivity contribution < 1.29 is 23.0 Å². The number of aliphatic hydroxyl groups is 1. The first kappa shape index (κ1) is 21.1. The van der Waals surface area contributed by atoms with Crippen molar-refractivity contribution >= 4 is 21.4 Å². The van der Waals surface area contributed by atoms with E-state index in [1.165, 1.54) is 26.4 Å². The molecule has 2 aromatic carbocycles. The molecular weight excluding hydrogens is 414 g/mol. The standard InChI is InChI=1S/C21H20ClNO5S/c1-27-19-9-6-14(11-18(19)22)20-17(10-15(12-24)21(23-20)28-2)13-4-7-16(8-5-13)29(3,25)26/h4-11,24H,12H2,1-3H3. The first-order valence-electron chi connectivity index (χ1n) is 8.61. The molecule has 0 saturated heterocycles. The Bertz CT molecular complexity index is 1140. The zero-order valence-electron chi connectivity index (χ0n) is 16.1. The molecule has 152 valence electrons. The largest absolute Gasteiger partial charge is 0.495 e. The van der Waals surface area contributed by atoms with E-state index in [-0.39, 0.29) is 11.5 Å². The van der Waals surface area contributed by atoms with Crippen LogP contribution in [0.25, 0.3) is 22.4 Å². The van der Waals surface area contributed by atoms with Crippen LogP contribution in [0.2, 0.25) is 5.02 Å². The molecule has 3 aromatic rings. The monoisotopic (exact) mass is 433 g/mol. The number of halogens is 1.